The van der Waals surface area contributed by atoms with E-state index in [9.17, 15) is 4.79 Å². The van der Waals surface area contributed by atoms with Crippen LogP contribution in [0.25, 0.3) is 10.6 Å². The second kappa shape index (κ2) is 7.82. The van der Waals surface area contributed by atoms with Crippen molar-refractivity contribution in [3.05, 3.63) is 66.4 Å². The average molecular weight is 376 g/mol. The Hall–Kier alpha value is -2.05. The number of rotatable bonds is 4. The topological polar surface area (TPSA) is 45.9 Å². The quantitative estimate of drug-likeness (QED) is 0.638. The van der Waals surface area contributed by atoms with Crippen LogP contribution in [0.1, 0.15) is 0 Å². The van der Waals surface area contributed by atoms with E-state index in [0.29, 0.717) is 0 Å². The molecule has 0 aliphatic rings. The van der Waals surface area contributed by atoms with Crippen LogP contribution >= 0.6 is 11.3 Å². The number of aromatic nitrogens is 2. The number of hydrogen-bond acceptors (Lipinski definition) is 3. The normalized spacial score (nSPS) is 9.82. The van der Waals surface area contributed by atoms with Crippen LogP contribution < -0.4 is 26.9 Å². The maximum atomic E-state index is 11.9. The van der Waals surface area contributed by atoms with Crippen molar-refractivity contribution in [1.82, 2.24) is 4.98 Å². The molecule has 0 saturated heterocycles. The lowest BCUT2D eigenvalue weighted by Crippen LogP contribution is -3.00. The van der Waals surface area contributed by atoms with Crippen molar-refractivity contribution in [1.29, 1.82) is 0 Å². The number of carbonyl (C=O) groups is 1. The molecule has 0 saturated carbocycles. The lowest BCUT2D eigenvalue weighted by Gasteiger charge is -2.03. The van der Waals surface area contributed by atoms with Gasteiger partial charge < -0.3 is 22.3 Å². The summed E-state index contributed by atoms with van der Waals surface area (Å²) in [7, 11) is 0. The lowest BCUT2D eigenvalue weighted by molar-refractivity contribution is -0.686. The first-order chi connectivity index (χ1) is 10.3. The number of benzene rings is 1. The molecule has 0 aliphatic heterocycles. The Morgan fingerprint density at radius 1 is 1.14 bits per heavy atom. The van der Waals surface area contributed by atoms with Gasteiger partial charge in [-0.05, 0) is 28.6 Å². The summed E-state index contributed by atoms with van der Waals surface area (Å²) >= 11 is 1.65. The monoisotopic (exact) mass is 375 g/mol. The number of hydrogen-bond donors (Lipinski definition) is 1. The van der Waals surface area contributed by atoms with Crippen molar-refractivity contribution in [2.24, 2.45) is 0 Å². The van der Waals surface area contributed by atoms with Crippen LogP contribution in [0, 0.1) is 0 Å². The molecular weight excluding hydrogens is 362 g/mol. The molecular formula is C16H14BrN3OS. The van der Waals surface area contributed by atoms with E-state index in [1.54, 1.807) is 22.2 Å². The van der Waals surface area contributed by atoms with Crippen molar-refractivity contribution in [2.75, 3.05) is 5.32 Å². The Kier molecular flexibility index (Phi) is 5.80. The molecule has 22 heavy (non-hydrogen) atoms. The number of carbonyl (C=O) groups excluding carboxylic acids is 1. The van der Waals surface area contributed by atoms with Crippen molar-refractivity contribution in [3.8, 4) is 10.6 Å². The summed E-state index contributed by atoms with van der Waals surface area (Å²) in [6.45, 7) is 0.243. The summed E-state index contributed by atoms with van der Waals surface area (Å²) in [6, 6.07) is 15.4. The van der Waals surface area contributed by atoms with Crippen molar-refractivity contribution in [2.45, 2.75) is 6.54 Å². The molecule has 2 heterocycles. The number of thiophene rings is 1. The Bertz CT molecular complexity index is 715. The van der Waals surface area contributed by atoms with E-state index >= 15 is 0 Å². The second-order valence-electron chi connectivity index (χ2n) is 4.51. The molecule has 0 bridgehead atoms. The van der Waals surface area contributed by atoms with Gasteiger partial charge in [-0.15, -0.1) is 11.3 Å². The molecule has 0 atom stereocenters. The summed E-state index contributed by atoms with van der Waals surface area (Å²) < 4.78 is 1.76. The van der Waals surface area contributed by atoms with Gasteiger partial charge in [-0.1, -0.05) is 24.3 Å². The van der Waals surface area contributed by atoms with Gasteiger partial charge in [0, 0.05) is 11.8 Å². The van der Waals surface area contributed by atoms with Gasteiger partial charge in [-0.25, -0.2) is 4.57 Å². The highest BCUT2D eigenvalue weighted by Gasteiger charge is 2.10. The predicted molar refractivity (Wildman–Crippen MR) is 82.8 cm³/mol. The van der Waals surface area contributed by atoms with Gasteiger partial charge in [0.25, 0.3) is 12.2 Å². The fourth-order valence-corrected chi connectivity index (χ4v) is 2.64. The third-order valence-corrected chi connectivity index (χ3v) is 3.82. The number of para-hydroxylation sites is 1. The van der Waals surface area contributed by atoms with Crippen LogP contribution in [0.15, 0.2) is 66.4 Å². The number of nitrogens with zero attached hydrogens (tertiary/aromatic N) is 2. The van der Waals surface area contributed by atoms with Gasteiger partial charge in [-0.2, -0.15) is 0 Å². The van der Waals surface area contributed by atoms with E-state index in [4.69, 9.17) is 0 Å². The van der Waals surface area contributed by atoms with Crippen LogP contribution in [0.2, 0.25) is 0 Å². The minimum Gasteiger partial charge on any atom is -1.00 e. The van der Waals surface area contributed by atoms with E-state index in [1.165, 1.54) is 0 Å². The Morgan fingerprint density at radius 3 is 2.59 bits per heavy atom. The third-order valence-electron chi connectivity index (χ3n) is 2.93. The molecule has 3 rings (SSSR count). The number of anilines is 1. The van der Waals surface area contributed by atoms with Crippen molar-refractivity contribution < 1.29 is 26.3 Å². The summed E-state index contributed by atoms with van der Waals surface area (Å²) in [6.07, 6.45) is 3.55. The van der Waals surface area contributed by atoms with Gasteiger partial charge in [0.1, 0.15) is 0 Å². The van der Waals surface area contributed by atoms with Crippen molar-refractivity contribution in [3.63, 3.8) is 0 Å². The highest BCUT2D eigenvalue weighted by atomic mass is 79.9. The predicted octanol–water partition coefficient (Wildman–Crippen LogP) is -0.260. The minimum atomic E-state index is -0.0723. The highest BCUT2D eigenvalue weighted by Crippen LogP contribution is 2.20. The Balaban J connectivity index is 0.00000176. The molecule has 1 N–H and O–H groups in total. The van der Waals surface area contributed by atoms with Gasteiger partial charge in [0.2, 0.25) is 0 Å². The molecule has 2 aromatic heterocycles. The fraction of sp³-hybridized carbons (Fsp3) is 0.0625. The number of nitrogens with one attached hydrogen (secondary N) is 1. The molecule has 0 radical (unpaired) electrons. The van der Waals surface area contributed by atoms with E-state index in [0.717, 1.165) is 16.3 Å². The molecule has 1 amide bonds. The first-order valence-electron chi connectivity index (χ1n) is 6.55. The third kappa shape index (κ3) is 4.22. The zero-order valence-electron chi connectivity index (χ0n) is 11.6. The zero-order chi connectivity index (χ0) is 14.5. The van der Waals surface area contributed by atoms with Crippen LogP contribution in [0.3, 0.4) is 0 Å². The first kappa shape index (κ1) is 16.3. The largest absolute Gasteiger partial charge is 1.00 e. The Morgan fingerprint density at radius 2 is 1.95 bits per heavy atom. The van der Waals surface area contributed by atoms with Gasteiger partial charge >= 0.3 is 0 Å². The van der Waals surface area contributed by atoms with Gasteiger partial charge in [-0.3, -0.25) is 4.79 Å². The SMILES string of the molecule is O=C(C[n+]1ccc(-c2cccs2)nc1)Nc1ccccc1.[Br-]. The van der Waals surface area contributed by atoms with Gasteiger partial charge in [0.15, 0.2) is 12.2 Å². The van der Waals surface area contributed by atoms with Crippen LogP contribution in [-0.2, 0) is 11.3 Å². The van der Waals surface area contributed by atoms with E-state index in [1.807, 2.05) is 60.1 Å². The molecule has 0 fully saturated rings. The molecule has 112 valence electrons. The number of amides is 1. The molecule has 6 heteroatoms. The first-order valence-corrected chi connectivity index (χ1v) is 7.43. The summed E-state index contributed by atoms with van der Waals surface area (Å²) in [4.78, 5) is 17.4. The summed E-state index contributed by atoms with van der Waals surface area (Å²) in [5.41, 5.74) is 1.72. The fourth-order valence-electron chi connectivity index (χ4n) is 1.94. The molecule has 4 nitrogen and oxygen atoms in total. The van der Waals surface area contributed by atoms with Crippen LogP contribution in [0.4, 0.5) is 5.69 Å². The highest BCUT2D eigenvalue weighted by molar-refractivity contribution is 7.13. The molecule has 0 spiro atoms. The summed E-state index contributed by atoms with van der Waals surface area (Å²) in [5, 5.41) is 4.87. The lowest BCUT2D eigenvalue weighted by atomic mass is 10.3. The van der Waals surface area contributed by atoms with E-state index < -0.39 is 0 Å². The van der Waals surface area contributed by atoms with Gasteiger partial charge in [0.05, 0.1) is 11.1 Å². The zero-order valence-corrected chi connectivity index (χ0v) is 14.0. The standard InChI is InChI=1S/C16H13N3OS.BrH/c20-16(18-13-5-2-1-3-6-13)11-19-9-8-14(17-12-19)15-7-4-10-21-15;/h1-10,12H,11H2;1H. The molecule has 3 aromatic rings. The van der Waals surface area contributed by atoms with Crippen LogP contribution in [-0.4, -0.2) is 10.9 Å². The Labute approximate surface area is 143 Å². The number of halogens is 1. The maximum Gasteiger partial charge on any atom is 0.287 e. The molecule has 1 aromatic carbocycles. The summed E-state index contributed by atoms with van der Waals surface area (Å²) in [5.74, 6) is -0.0723. The second-order valence-corrected chi connectivity index (χ2v) is 5.46. The van der Waals surface area contributed by atoms with E-state index in [-0.39, 0.29) is 29.4 Å². The van der Waals surface area contributed by atoms with E-state index in [2.05, 4.69) is 10.3 Å². The maximum absolute atomic E-state index is 11.9. The molecule has 0 unspecified atom stereocenters. The minimum absolute atomic E-state index is 0. The van der Waals surface area contributed by atoms with Crippen molar-refractivity contribution >= 4 is 22.9 Å². The molecule has 0 aliphatic carbocycles. The average Bonchev–Trinajstić information content (AvgIpc) is 3.03. The smallest absolute Gasteiger partial charge is 0.287 e. The van der Waals surface area contributed by atoms with Crippen LogP contribution in [0.5, 0.6) is 0 Å².